The van der Waals surface area contributed by atoms with Gasteiger partial charge >= 0.3 is 5.97 Å². The van der Waals surface area contributed by atoms with Gasteiger partial charge in [0.1, 0.15) is 17.1 Å². The fourth-order valence-corrected chi connectivity index (χ4v) is 4.31. The summed E-state index contributed by atoms with van der Waals surface area (Å²) in [6.07, 6.45) is 3.60. The van der Waals surface area contributed by atoms with E-state index >= 15 is 0 Å². The summed E-state index contributed by atoms with van der Waals surface area (Å²) >= 11 is 0. The summed E-state index contributed by atoms with van der Waals surface area (Å²) in [5.74, 6) is 1.25. The van der Waals surface area contributed by atoms with E-state index in [4.69, 9.17) is 9.72 Å². The molecule has 7 heteroatoms. The molecule has 1 aliphatic rings. The number of likely N-dealkylation sites (tertiary alicyclic amines) is 1. The molecule has 3 aromatic rings. The number of benzene rings is 1. The van der Waals surface area contributed by atoms with Gasteiger partial charge in [-0.1, -0.05) is 12.1 Å². The zero-order valence-electron chi connectivity index (χ0n) is 16.5. The van der Waals surface area contributed by atoms with E-state index in [1.807, 2.05) is 42.6 Å². The number of piperidine rings is 1. The Bertz CT molecular complexity index is 973. The highest BCUT2D eigenvalue weighted by Gasteiger charge is 2.31. The van der Waals surface area contributed by atoms with Gasteiger partial charge in [0.15, 0.2) is 0 Å². The molecular weight excluding hydrogens is 368 g/mol. The fourth-order valence-electron chi connectivity index (χ4n) is 4.31. The molecule has 29 heavy (non-hydrogen) atoms. The van der Waals surface area contributed by atoms with Gasteiger partial charge in [0, 0.05) is 32.1 Å². The van der Waals surface area contributed by atoms with Crippen LogP contribution < -0.4 is 4.74 Å². The molecule has 1 aromatic carbocycles. The van der Waals surface area contributed by atoms with Crippen LogP contribution in [0.4, 0.5) is 0 Å². The zero-order valence-corrected chi connectivity index (χ0v) is 16.5. The number of para-hydroxylation sites is 1. The van der Waals surface area contributed by atoms with Crippen molar-refractivity contribution in [3.05, 3.63) is 54.1 Å². The van der Waals surface area contributed by atoms with Crippen molar-refractivity contribution in [3.63, 3.8) is 0 Å². The summed E-state index contributed by atoms with van der Waals surface area (Å²) in [5.41, 5.74) is 2.80. The number of aromatic amines is 1. The number of hydrogen-bond acceptors (Lipinski definition) is 5. The quantitative estimate of drug-likeness (QED) is 0.640. The Labute approximate surface area is 169 Å². The van der Waals surface area contributed by atoms with Crippen LogP contribution in [0.2, 0.25) is 0 Å². The Morgan fingerprint density at radius 3 is 2.93 bits per heavy atom. The van der Waals surface area contributed by atoms with Crippen LogP contribution in [0.5, 0.6) is 5.75 Å². The molecule has 0 bridgehead atoms. The molecule has 0 aliphatic carbocycles. The first-order valence-corrected chi connectivity index (χ1v) is 9.98. The molecular formula is C22H26N4O3. The van der Waals surface area contributed by atoms with Gasteiger partial charge in [-0.3, -0.25) is 14.7 Å². The number of rotatable bonds is 7. The van der Waals surface area contributed by atoms with Crippen molar-refractivity contribution in [3.8, 4) is 5.75 Å². The Kier molecular flexibility index (Phi) is 5.76. The van der Waals surface area contributed by atoms with E-state index in [-0.39, 0.29) is 18.3 Å². The maximum absolute atomic E-state index is 11.4. The summed E-state index contributed by atoms with van der Waals surface area (Å²) in [5, 5.41) is 9.37. The van der Waals surface area contributed by atoms with Gasteiger partial charge in [-0.05, 0) is 49.1 Å². The maximum Gasteiger partial charge on any atom is 0.303 e. The van der Waals surface area contributed by atoms with Gasteiger partial charge in [-0.2, -0.15) is 0 Å². The topological polar surface area (TPSA) is 91.3 Å². The number of hydrogen-bond donors (Lipinski definition) is 2. The van der Waals surface area contributed by atoms with E-state index in [0.29, 0.717) is 6.42 Å². The van der Waals surface area contributed by atoms with Gasteiger partial charge in [-0.15, -0.1) is 0 Å². The Hall–Kier alpha value is -2.93. The van der Waals surface area contributed by atoms with Crippen LogP contribution in [-0.2, 0) is 17.8 Å². The van der Waals surface area contributed by atoms with E-state index in [1.54, 1.807) is 7.11 Å². The van der Waals surface area contributed by atoms with Gasteiger partial charge in [0.05, 0.1) is 18.3 Å². The van der Waals surface area contributed by atoms with Crippen molar-refractivity contribution >= 4 is 17.0 Å². The number of fused-ring (bicyclic) bond motifs is 1. The largest absolute Gasteiger partial charge is 0.494 e. The molecule has 0 radical (unpaired) electrons. The molecule has 2 N–H and O–H groups in total. The molecule has 2 aromatic heterocycles. The molecule has 0 amide bonds. The second kappa shape index (κ2) is 8.61. The van der Waals surface area contributed by atoms with E-state index in [1.165, 1.54) is 0 Å². The number of nitrogens with one attached hydrogen (secondary N) is 1. The fraction of sp³-hybridized carbons (Fsp3) is 0.409. The van der Waals surface area contributed by atoms with E-state index in [2.05, 4.69) is 14.9 Å². The molecule has 2 unspecified atom stereocenters. The van der Waals surface area contributed by atoms with Crippen molar-refractivity contribution in [2.45, 2.75) is 25.8 Å². The van der Waals surface area contributed by atoms with Crippen LogP contribution in [-0.4, -0.2) is 51.1 Å². The predicted octanol–water partition coefficient (Wildman–Crippen LogP) is 3.12. The highest BCUT2D eigenvalue weighted by molar-refractivity contribution is 5.81. The first-order valence-electron chi connectivity index (χ1n) is 9.98. The van der Waals surface area contributed by atoms with Gasteiger partial charge < -0.3 is 14.8 Å². The lowest BCUT2D eigenvalue weighted by Gasteiger charge is -2.37. The number of nitrogens with zero attached hydrogens (tertiary/aromatic N) is 3. The molecule has 1 saturated heterocycles. The minimum Gasteiger partial charge on any atom is -0.494 e. The lowest BCUT2D eigenvalue weighted by molar-refractivity contribution is -0.139. The first-order chi connectivity index (χ1) is 14.1. The molecule has 0 spiro atoms. The number of aromatic nitrogens is 3. The van der Waals surface area contributed by atoms with Crippen molar-refractivity contribution in [2.75, 3.05) is 20.2 Å². The van der Waals surface area contributed by atoms with Crippen LogP contribution in [0, 0.1) is 11.8 Å². The normalized spacial score (nSPS) is 20.0. The lowest BCUT2D eigenvalue weighted by Crippen LogP contribution is -2.41. The van der Waals surface area contributed by atoms with Crippen LogP contribution in [0.3, 0.4) is 0 Å². The molecule has 2 atom stereocenters. The Balaban J connectivity index is 1.53. The minimum atomic E-state index is -0.732. The lowest BCUT2D eigenvalue weighted by atomic mass is 9.81. The predicted molar refractivity (Wildman–Crippen MR) is 110 cm³/mol. The Morgan fingerprint density at radius 1 is 1.28 bits per heavy atom. The summed E-state index contributed by atoms with van der Waals surface area (Å²) in [6.45, 7) is 2.51. The summed E-state index contributed by atoms with van der Waals surface area (Å²) in [7, 11) is 1.64. The summed E-state index contributed by atoms with van der Waals surface area (Å²) < 4.78 is 5.41. The standard InChI is InChI=1S/C22H26N4O3/c1-29-19-7-4-6-18-22(19)25-20(24-18)11-16-13-26(10-8-15(16)12-21(27)28)14-17-5-2-3-9-23-17/h2-7,9,15-16H,8,10-14H2,1H3,(H,24,25)(H,27,28). The minimum absolute atomic E-state index is 0.141. The number of H-pyrrole nitrogens is 1. The zero-order chi connectivity index (χ0) is 20.2. The summed E-state index contributed by atoms with van der Waals surface area (Å²) in [4.78, 5) is 26.3. The van der Waals surface area contributed by atoms with Crippen LogP contribution in [0.1, 0.15) is 24.4 Å². The number of methoxy groups -OCH3 is 1. The average molecular weight is 394 g/mol. The Morgan fingerprint density at radius 2 is 2.17 bits per heavy atom. The van der Waals surface area contributed by atoms with Crippen molar-refractivity contribution < 1.29 is 14.6 Å². The smallest absolute Gasteiger partial charge is 0.303 e. The highest BCUT2D eigenvalue weighted by atomic mass is 16.5. The molecule has 1 fully saturated rings. The van der Waals surface area contributed by atoms with Crippen molar-refractivity contribution in [1.29, 1.82) is 0 Å². The third-order valence-corrected chi connectivity index (χ3v) is 5.72. The van der Waals surface area contributed by atoms with Crippen LogP contribution in [0.25, 0.3) is 11.0 Å². The molecule has 152 valence electrons. The number of aliphatic carboxylic acids is 1. The second-order valence-electron chi connectivity index (χ2n) is 7.71. The molecule has 4 rings (SSSR count). The van der Waals surface area contributed by atoms with Gasteiger partial charge in [0.25, 0.3) is 0 Å². The van der Waals surface area contributed by atoms with Gasteiger partial charge in [-0.25, -0.2) is 4.98 Å². The highest BCUT2D eigenvalue weighted by Crippen LogP contribution is 2.31. The van der Waals surface area contributed by atoms with Crippen LogP contribution in [0.15, 0.2) is 42.6 Å². The average Bonchev–Trinajstić information content (AvgIpc) is 3.13. The molecule has 7 nitrogen and oxygen atoms in total. The maximum atomic E-state index is 11.4. The van der Waals surface area contributed by atoms with Crippen LogP contribution >= 0.6 is 0 Å². The van der Waals surface area contributed by atoms with Gasteiger partial charge in [0.2, 0.25) is 0 Å². The molecule has 3 heterocycles. The third-order valence-electron chi connectivity index (χ3n) is 5.72. The number of ether oxygens (including phenoxy) is 1. The second-order valence-corrected chi connectivity index (χ2v) is 7.71. The third kappa shape index (κ3) is 4.56. The van der Waals surface area contributed by atoms with E-state index in [9.17, 15) is 9.90 Å². The monoisotopic (exact) mass is 394 g/mol. The molecule has 1 aliphatic heterocycles. The number of pyridine rings is 1. The number of carboxylic acid groups (broad SMARTS) is 1. The van der Waals surface area contributed by atoms with Crippen molar-refractivity contribution in [2.24, 2.45) is 11.8 Å². The number of carbonyl (C=O) groups is 1. The first kappa shape index (κ1) is 19.4. The van der Waals surface area contributed by atoms with E-state index < -0.39 is 5.97 Å². The van der Waals surface area contributed by atoms with E-state index in [0.717, 1.165) is 54.4 Å². The number of carboxylic acids is 1. The number of imidazole rings is 1. The molecule has 0 saturated carbocycles. The SMILES string of the molecule is COc1cccc2[nH]c(CC3CN(Cc4ccccn4)CCC3CC(=O)O)nc12. The van der Waals surface area contributed by atoms with Crippen molar-refractivity contribution in [1.82, 2.24) is 19.9 Å². The summed E-state index contributed by atoms with van der Waals surface area (Å²) in [6, 6.07) is 11.8.